The number of hydrogen-bond donors (Lipinski definition) is 0. The molecule has 148 valence electrons. The molecular weight excluding hydrogens is 350 g/mol. The standard InChI is InChI=1S/C23H29N3O2/c1-27-23-18-21(19-26-15-13-25(14-16-26)12-5-11-24)8-9-22(23)28-17-10-20-6-3-2-4-7-20/h2-4,6-9,18H,5,10,12-17,19H2,1H3. The Kier molecular flexibility index (Phi) is 7.71. The normalized spacial score (nSPS) is 15.1. The molecule has 1 aliphatic heterocycles. The van der Waals surface area contributed by atoms with Crippen LogP contribution in [-0.4, -0.2) is 56.2 Å². The summed E-state index contributed by atoms with van der Waals surface area (Å²) in [7, 11) is 1.69. The predicted molar refractivity (Wildman–Crippen MR) is 111 cm³/mol. The Morgan fingerprint density at radius 1 is 0.929 bits per heavy atom. The van der Waals surface area contributed by atoms with Gasteiger partial charge in [-0.05, 0) is 23.3 Å². The van der Waals surface area contributed by atoms with E-state index in [1.807, 2.05) is 24.3 Å². The largest absolute Gasteiger partial charge is 0.493 e. The van der Waals surface area contributed by atoms with Crippen molar-refractivity contribution >= 4 is 0 Å². The lowest BCUT2D eigenvalue weighted by molar-refractivity contribution is 0.129. The molecule has 1 heterocycles. The van der Waals surface area contributed by atoms with Crippen LogP contribution in [0.4, 0.5) is 0 Å². The van der Waals surface area contributed by atoms with Gasteiger partial charge in [0.05, 0.1) is 19.8 Å². The van der Waals surface area contributed by atoms with E-state index in [0.29, 0.717) is 13.0 Å². The van der Waals surface area contributed by atoms with Crippen LogP contribution in [0.25, 0.3) is 0 Å². The number of piperazine rings is 1. The first kappa shape index (κ1) is 20.2. The minimum Gasteiger partial charge on any atom is -0.493 e. The molecule has 2 aromatic carbocycles. The van der Waals surface area contributed by atoms with Crippen molar-refractivity contribution in [3.05, 3.63) is 59.7 Å². The van der Waals surface area contributed by atoms with Gasteiger partial charge in [-0.15, -0.1) is 0 Å². The maximum absolute atomic E-state index is 8.72. The van der Waals surface area contributed by atoms with E-state index in [2.05, 4.69) is 40.1 Å². The fourth-order valence-electron chi connectivity index (χ4n) is 3.49. The Labute approximate surface area is 168 Å². The number of nitriles is 1. The summed E-state index contributed by atoms with van der Waals surface area (Å²) >= 11 is 0. The average Bonchev–Trinajstić information content (AvgIpc) is 2.75. The van der Waals surface area contributed by atoms with Crippen LogP contribution in [-0.2, 0) is 13.0 Å². The van der Waals surface area contributed by atoms with E-state index in [4.69, 9.17) is 14.7 Å². The molecule has 0 radical (unpaired) electrons. The van der Waals surface area contributed by atoms with E-state index in [9.17, 15) is 0 Å². The number of hydrogen-bond acceptors (Lipinski definition) is 5. The number of benzene rings is 2. The summed E-state index contributed by atoms with van der Waals surface area (Å²) in [6.07, 6.45) is 1.49. The first-order valence-electron chi connectivity index (χ1n) is 9.94. The summed E-state index contributed by atoms with van der Waals surface area (Å²) in [5, 5.41) is 8.72. The van der Waals surface area contributed by atoms with Crippen LogP contribution >= 0.6 is 0 Å². The quantitative estimate of drug-likeness (QED) is 0.669. The van der Waals surface area contributed by atoms with Crippen molar-refractivity contribution in [1.82, 2.24) is 9.80 Å². The maximum atomic E-state index is 8.72. The van der Waals surface area contributed by atoms with Crippen LogP contribution < -0.4 is 9.47 Å². The lowest BCUT2D eigenvalue weighted by atomic mass is 10.1. The highest BCUT2D eigenvalue weighted by Crippen LogP contribution is 2.29. The Morgan fingerprint density at radius 3 is 2.39 bits per heavy atom. The van der Waals surface area contributed by atoms with Gasteiger partial charge in [-0.25, -0.2) is 0 Å². The zero-order valence-electron chi connectivity index (χ0n) is 16.6. The summed E-state index contributed by atoms with van der Waals surface area (Å²) in [4.78, 5) is 4.82. The number of nitrogens with zero attached hydrogens (tertiary/aromatic N) is 3. The van der Waals surface area contributed by atoms with Crippen LogP contribution in [0.1, 0.15) is 17.5 Å². The Bertz CT molecular complexity index is 765. The van der Waals surface area contributed by atoms with Gasteiger partial charge in [0.25, 0.3) is 0 Å². The Balaban J connectivity index is 1.49. The molecule has 0 aromatic heterocycles. The van der Waals surface area contributed by atoms with Crippen molar-refractivity contribution in [3.63, 3.8) is 0 Å². The second kappa shape index (κ2) is 10.7. The molecule has 0 saturated carbocycles. The highest BCUT2D eigenvalue weighted by Gasteiger charge is 2.17. The summed E-state index contributed by atoms with van der Waals surface area (Å²) in [5.41, 5.74) is 2.50. The first-order valence-corrected chi connectivity index (χ1v) is 9.94. The van der Waals surface area contributed by atoms with Crippen LogP contribution in [0.3, 0.4) is 0 Å². The van der Waals surface area contributed by atoms with Gasteiger partial charge in [0.15, 0.2) is 11.5 Å². The number of methoxy groups -OCH3 is 1. The highest BCUT2D eigenvalue weighted by atomic mass is 16.5. The summed E-state index contributed by atoms with van der Waals surface area (Å²) < 4.78 is 11.5. The second-order valence-electron chi connectivity index (χ2n) is 7.10. The fourth-order valence-corrected chi connectivity index (χ4v) is 3.49. The van der Waals surface area contributed by atoms with Crippen molar-refractivity contribution in [2.24, 2.45) is 0 Å². The summed E-state index contributed by atoms with van der Waals surface area (Å²) in [5.74, 6) is 1.58. The van der Waals surface area contributed by atoms with Gasteiger partial charge in [0.1, 0.15) is 0 Å². The number of ether oxygens (including phenoxy) is 2. The van der Waals surface area contributed by atoms with E-state index in [-0.39, 0.29) is 0 Å². The topological polar surface area (TPSA) is 48.7 Å². The number of rotatable bonds is 9. The second-order valence-corrected chi connectivity index (χ2v) is 7.10. The van der Waals surface area contributed by atoms with Crippen molar-refractivity contribution in [2.75, 3.05) is 46.4 Å². The van der Waals surface area contributed by atoms with Crippen molar-refractivity contribution in [3.8, 4) is 17.6 Å². The van der Waals surface area contributed by atoms with E-state index in [1.54, 1.807) is 7.11 Å². The molecule has 0 atom stereocenters. The van der Waals surface area contributed by atoms with E-state index < -0.39 is 0 Å². The Hall–Kier alpha value is -2.55. The van der Waals surface area contributed by atoms with Gasteiger partial charge < -0.3 is 9.47 Å². The highest BCUT2D eigenvalue weighted by molar-refractivity contribution is 5.43. The third-order valence-electron chi connectivity index (χ3n) is 5.13. The molecule has 2 aromatic rings. The monoisotopic (exact) mass is 379 g/mol. The molecule has 0 N–H and O–H groups in total. The third kappa shape index (κ3) is 5.98. The van der Waals surface area contributed by atoms with Crippen LogP contribution in [0, 0.1) is 11.3 Å². The summed E-state index contributed by atoms with van der Waals surface area (Å²) in [6, 6.07) is 18.8. The molecular formula is C23H29N3O2. The molecule has 0 aliphatic carbocycles. The molecule has 28 heavy (non-hydrogen) atoms. The molecule has 5 heteroatoms. The maximum Gasteiger partial charge on any atom is 0.161 e. The molecule has 1 aliphatic rings. The van der Waals surface area contributed by atoms with Gasteiger partial charge in [-0.2, -0.15) is 5.26 Å². The molecule has 0 spiro atoms. The fraction of sp³-hybridized carbons (Fsp3) is 0.435. The van der Waals surface area contributed by atoms with Crippen LogP contribution in [0.5, 0.6) is 11.5 Å². The van der Waals surface area contributed by atoms with E-state index in [0.717, 1.165) is 57.2 Å². The average molecular weight is 380 g/mol. The van der Waals surface area contributed by atoms with Crippen LogP contribution in [0.2, 0.25) is 0 Å². The third-order valence-corrected chi connectivity index (χ3v) is 5.13. The lowest BCUT2D eigenvalue weighted by Gasteiger charge is -2.34. The molecule has 5 nitrogen and oxygen atoms in total. The Morgan fingerprint density at radius 2 is 1.68 bits per heavy atom. The smallest absolute Gasteiger partial charge is 0.161 e. The van der Waals surface area contributed by atoms with Crippen molar-refractivity contribution in [1.29, 1.82) is 5.26 Å². The van der Waals surface area contributed by atoms with Crippen molar-refractivity contribution in [2.45, 2.75) is 19.4 Å². The van der Waals surface area contributed by atoms with Gasteiger partial charge in [-0.1, -0.05) is 36.4 Å². The molecule has 1 fully saturated rings. The van der Waals surface area contributed by atoms with Gasteiger partial charge >= 0.3 is 0 Å². The molecule has 0 amide bonds. The molecule has 0 unspecified atom stereocenters. The lowest BCUT2D eigenvalue weighted by Crippen LogP contribution is -2.46. The predicted octanol–water partition coefficient (Wildman–Crippen LogP) is 3.35. The van der Waals surface area contributed by atoms with Crippen LogP contribution in [0.15, 0.2) is 48.5 Å². The summed E-state index contributed by atoms with van der Waals surface area (Å²) in [6.45, 7) is 6.54. The van der Waals surface area contributed by atoms with Gasteiger partial charge in [0, 0.05) is 52.1 Å². The minimum atomic E-state index is 0.614. The van der Waals surface area contributed by atoms with Gasteiger partial charge in [0.2, 0.25) is 0 Å². The zero-order valence-corrected chi connectivity index (χ0v) is 16.6. The van der Waals surface area contributed by atoms with Crippen molar-refractivity contribution < 1.29 is 9.47 Å². The van der Waals surface area contributed by atoms with E-state index in [1.165, 1.54) is 11.1 Å². The zero-order chi connectivity index (χ0) is 19.6. The van der Waals surface area contributed by atoms with E-state index >= 15 is 0 Å². The SMILES string of the molecule is COc1cc(CN2CCN(CCC#N)CC2)ccc1OCCc1ccccc1. The first-order chi connectivity index (χ1) is 13.8. The molecule has 1 saturated heterocycles. The molecule has 0 bridgehead atoms. The minimum absolute atomic E-state index is 0.614. The molecule has 3 rings (SSSR count). The van der Waals surface area contributed by atoms with Gasteiger partial charge in [-0.3, -0.25) is 9.80 Å².